The number of carbonyl (C=O) groups excluding carboxylic acids is 1. The summed E-state index contributed by atoms with van der Waals surface area (Å²) in [6.45, 7) is -0.413. The van der Waals surface area contributed by atoms with Crippen LogP contribution in [0, 0.1) is 0 Å². The fraction of sp³-hybridized carbons (Fsp3) is 0.133. The topological polar surface area (TPSA) is 66.5 Å². The van der Waals surface area contributed by atoms with Crippen molar-refractivity contribution >= 4 is 62.1 Å². The molecule has 0 spiro atoms. The van der Waals surface area contributed by atoms with Gasteiger partial charge < -0.3 is 5.32 Å². The molecule has 0 saturated carbocycles. The molecule has 128 valence electrons. The summed E-state index contributed by atoms with van der Waals surface area (Å²) < 4.78 is 25.0. The molecule has 0 atom stereocenters. The van der Waals surface area contributed by atoms with Crippen molar-refractivity contribution in [2.24, 2.45) is 0 Å². The second kappa shape index (κ2) is 7.61. The molecule has 0 aliphatic heterocycles. The fourth-order valence-electron chi connectivity index (χ4n) is 1.94. The second-order valence-electron chi connectivity index (χ2n) is 4.93. The van der Waals surface area contributed by atoms with Crippen LogP contribution in [0.2, 0.25) is 15.1 Å². The van der Waals surface area contributed by atoms with Crippen LogP contribution >= 0.6 is 34.8 Å². The van der Waals surface area contributed by atoms with Gasteiger partial charge in [-0.15, -0.1) is 0 Å². The monoisotopic (exact) mass is 406 g/mol. The van der Waals surface area contributed by atoms with Crippen molar-refractivity contribution in [2.75, 3.05) is 22.4 Å². The molecule has 0 radical (unpaired) electrons. The van der Waals surface area contributed by atoms with Crippen LogP contribution in [0.3, 0.4) is 0 Å². The first-order valence-electron chi connectivity index (χ1n) is 6.65. The number of sulfonamides is 1. The summed E-state index contributed by atoms with van der Waals surface area (Å²) in [6, 6.07) is 10.9. The summed E-state index contributed by atoms with van der Waals surface area (Å²) in [5.74, 6) is -0.520. The van der Waals surface area contributed by atoms with Gasteiger partial charge in [0, 0.05) is 10.7 Å². The zero-order valence-electron chi connectivity index (χ0n) is 12.5. The van der Waals surface area contributed by atoms with Gasteiger partial charge in [0.05, 0.1) is 22.0 Å². The summed E-state index contributed by atoms with van der Waals surface area (Å²) in [6.07, 6.45) is 1.00. The number of amides is 1. The summed E-state index contributed by atoms with van der Waals surface area (Å²) in [4.78, 5) is 12.2. The van der Waals surface area contributed by atoms with Crippen LogP contribution in [0.4, 0.5) is 11.4 Å². The molecule has 2 aromatic rings. The average Bonchev–Trinajstić information content (AvgIpc) is 2.47. The molecule has 0 saturated heterocycles. The number of benzene rings is 2. The fourth-order valence-corrected chi connectivity index (χ4v) is 3.27. The van der Waals surface area contributed by atoms with Gasteiger partial charge in [-0.25, -0.2) is 8.42 Å². The van der Waals surface area contributed by atoms with Gasteiger partial charge in [-0.2, -0.15) is 0 Å². The first kappa shape index (κ1) is 18.9. The van der Waals surface area contributed by atoms with Crippen molar-refractivity contribution in [3.8, 4) is 0 Å². The van der Waals surface area contributed by atoms with Gasteiger partial charge in [0.1, 0.15) is 6.54 Å². The van der Waals surface area contributed by atoms with Crippen LogP contribution in [0.15, 0.2) is 42.5 Å². The van der Waals surface area contributed by atoms with Crippen molar-refractivity contribution in [3.63, 3.8) is 0 Å². The lowest BCUT2D eigenvalue weighted by Gasteiger charge is -2.22. The summed E-state index contributed by atoms with van der Waals surface area (Å²) in [5.41, 5.74) is 0.711. The van der Waals surface area contributed by atoms with Crippen molar-refractivity contribution in [1.29, 1.82) is 0 Å². The zero-order valence-corrected chi connectivity index (χ0v) is 15.5. The maximum absolute atomic E-state index is 12.2. The summed E-state index contributed by atoms with van der Waals surface area (Å²) in [7, 11) is -3.70. The minimum absolute atomic E-state index is 0.193. The van der Waals surface area contributed by atoms with Crippen LogP contribution in [0.1, 0.15) is 0 Å². The van der Waals surface area contributed by atoms with E-state index < -0.39 is 22.5 Å². The van der Waals surface area contributed by atoms with Gasteiger partial charge >= 0.3 is 0 Å². The maximum Gasteiger partial charge on any atom is 0.245 e. The Morgan fingerprint density at radius 2 is 1.79 bits per heavy atom. The Balaban J connectivity index is 2.23. The zero-order chi connectivity index (χ0) is 17.9. The van der Waals surface area contributed by atoms with E-state index in [-0.39, 0.29) is 15.7 Å². The van der Waals surface area contributed by atoms with E-state index in [1.165, 1.54) is 18.2 Å². The highest BCUT2D eigenvalue weighted by molar-refractivity contribution is 7.92. The highest BCUT2D eigenvalue weighted by Crippen LogP contribution is 2.28. The Morgan fingerprint density at radius 1 is 1.08 bits per heavy atom. The van der Waals surface area contributed by atoms with E-state index in [1.54, 1.807) is 24.3 Å². The molecule has 0 aliphatic carbocycles. The number of hydrogen-bond acceptors (Lipinski definition) is 3. The molecule has 24 heavy (non-hydrogen) atoms. The van der Waals surface area contributed by atoms with E-state index >= 15 is 0 Å². The molecule has 2 aromatic carbocycles. The standard InChI is InChI=1S/C15H13Cl3N2O3S/c1-24(22,23)20(12-5-6-13(17)14(18)8-12)9-15(21)19-11-4-2-3-10(16)7-11/h2-8H,9H2,1H3,(H,19,21). The Labute approximate surface area is 155 Å². The van der Waals surface area contributed by atoms with Crippen molar-refractivity contribution < 1.29 is 13.2 Å². The molecule has 5 nitrogen and oxygen atoms in total. The second-order valence-corrected chi connectivity index (χ2v) is 8.08. The first-order chi connectivity index (χ1) is 11.2. The lowest BCUT2D eigenvalue weighted by Crippen LogP contribution is -2.37. The third kappa shape index (κ3) is 5.01. The minimum atomic E-state index is -3.70. The van der Waals surface area contributed by atoms with E-state index in [4.69, 9.17) is 34.8 Å². The minimum Gasteiger partial charge on any atom is -0.324 e. The Morgan fingerprint density at radius 3 is 2.38 bits per heavy atom. The van der Waals surface area contributed by atoms with E-state index in [9.17, 15) is 13.2 Å². The van der Waals surface area contributed by atoms with Gasteiger partial charge in [-0.3, -0.25) is 9.10 Å². The lowest BCUT2D eigenvalue weighted by molar-refractivity contribution is -0.114. The molecular weight excluding hydrogens is 395 g/mol. The smallest absolute Gasteiger partial charge is 0.245 e. The average molecular weight is 408 g/mol. The number of nitrogens with zero attached hydrogens (tertiary/aromatic N) is 1. The van der Waals surface area contributed by atoms with Gasteiger partial charge in [0.15, 0.2) is 0 Å². The van der Waals surface area contributed by atoms with E-state index in [1.807, 2.05) is 0 Å². The molecule has 1 N–H and O–H groups in total. The largest absolute Gasteiger partial charge is 0.324 e. The highest BCUT2D eigenvalue weighted by atomic mass is 35.5. The maximum atomic E-state index is 12.2. The molecule has 0 heterocycles. The third-order valence-electron chi connectivity index (χ3n) is 2.99. The third-order valence-corrected chi connectivity index (χ3v) is 5.10. The predicted octanol–water partition coefficient (Wildman–Crippen LogP) is 4.05. The molecule has 9 heteroatoms. The number of halogens is 3. The Bertz CT molecular complexity index is 872. The normalized spacial score (nSPS) is 11.2. The van der Waals surface area contributed by atoms with Crippen LogP contribution in [0.5, 0.6) is 0 Å². The Hall–Kier alpha value is -1.47. The molecule has 0 fully saturated rings. The van der Waals surface area contributed by atoms with Gasteiger partial charge in [0.25, 0.3) is 0 Å². The number of anilines is 2. The molecule has 0 aliphatic rings. The van der Waals surface area contributed by atoms with Crippen LogP contribution < -0.4 is 9.62 Å². The quantitative estimate of drug-likeness (QED) is 0.813. The van der Waals surface area contributed by atoms with Crippen molar-refractivity contribution in [3.05, 3.63) is 57.5 Å². The molecule has 2 rings (SSSR count). The van der Waals surface area contributed by atoms with Crippen molar-refractivity contribution in [2.45, 2.75) is 0 Å². The molecular formula is C15H13Cl3N2O3S. The Kier molecular flexibility index (Phi) is 5.98. The number of carbonyl (C=O) groups is 1. The van der Waals surface area contributed by atoms with Gasteiger partial charge in [0.2, 0.25) is 15.9 Å². The van der Waals surface area contributed by atoms with Crippen LogP contribution in [-0.2, 0) is 14.8 Å². The van der Waals surface area contributed by atoms with E-state index in [0.29, 0.717) is 10.7 Å². The summed E-state index contributed by atoms with van der Waals surface area (Å²) in [5, 5.41) is 3.53. The molecule has 0 bridgehead atoms. The molecule has 0 aromatic heterocycles. The SMILES string of the molecule is CS(=O)(=O)N(CC(=O)Nc1cccc(Cl)c1)c1ccc(Cl)c(Cl)c1. The number of nitrogens with one attached hydrogen (secondary N) is 1. The van der Waals surface area contributed by atoms with Crippen molar-refractivity contribution in [1.82, 2.24) is 0 Å². The van der Waals surface area contributed by atoms with E-state index in [2.05, 4.69) is 5.32 Å². The summed E-state index contributed by atoms with van der Waals surface area (Å²) >= 11 is 17.6. The van der Waals surface area contributed by atoms with Crippen LogP contribution in [0.25, 0.3) is 0 Å². The van der Waals surface area contributed by atoms with Crippen LogP contribution in [-0.4, -0.2) is 27.1 Å². The first-order valence-corrected chi connectivity index (χ1v) is 9.63. The van der Waals surface area contributed by atoms with Gasteiger partial charge in [-0.1, -0.05) is 40.9 Å². The highest BCUT2D eigenvalue weighted by Gasteiger charge is 2.21. The van der Waals surface area contributed by atoms with E-state index in [0.717, 1.165) is 10.6 Å². The molecule has 0 unspecified atom stereocenters. The number of rotatable bonds is 5. The predicted molar refractivity (Wildman–Crippen MR) is 98.7 cm³/mol. The molecule has 1 amide bonds. The lowest BCUT2D eigenvalue weighted by atomic mass is 10.3. The number of hydrogen-bond donors (Lipinski definition) is 1. The van der Waals surface area contributed by atoms with Gasteiger partial charge in [-0.05, 0) is 36.4 Å².